The van der Waals surface area contributed by atoms with E-state index in [1.54, 1.807) is 12.1 Å². The Morgan fingerprint density at radius 3 is 2.56 bits per heavy atom. The molecule has 0 aliphatic heterocycles. The Hall–Kier alpha value is -2.16. The molecule has 3 aromatic rings. The molecule has 0 spiro atoms. The van der Waals surface area contributed by atoms with Crippen molar-refractivity contribution in [2.24, 2.45) is 0 Å². The molecule has 0 saturated carbocycles. The average molecular weight is 366 g/mol. The number of furan rings is 1. The van der Waals surface area contributed by atoms with Crippen LogP contribution in [0.5, 0.6) is 0 Å². The maximum atomic E-state index is 11.5. The molecule has 0 amide bonds. The molecule has 0 fully saturated rings. The first kappa shape index (κ1) is 17.7. The monoisotopic (exact) mass is 366 g/mol. The fraction of sp³-hybridized carbons (Fsp3) is 0.353. The van der Waals surface area contributed by atoms with Gasteiger partial charge in [0.15, 0.2) is 0 Å². The van der Waals surface area contributed by atoms with Crippen molar-refractivity contribution in [2.75, 3.05) is 19.5 Å². The molecule has 7 nitrogen and oxygen atoms in total. The third-order valence-electron chi connectivity index (χ3n) is 3.94. The number of fused-ring (bicyclic) bond motifs is 2. The molecule has 0 aliphatic rings. The van der Waals surface area contributed by atoms with Crippen LogP contribution < -0.4 is 5.63 Å². The van der Waals surface area contributed by atoms with E-state index in [1.807, 2.05) is 13.8 Å². The number of hydrogen-bond donors (Lipinski definition) is 0. The van der Waals surface area contributed by atoms with Crippen LogP contribution in [0.25, 0.3) is 21.9 Å². The van der Waals surface area contributed by atoms with Crippen LogP contribution in [-0.4, -0.2) is 27.9 Å². The van der Waals surface area contributed by atoms with E-state index in [0.29, 0.717) is 11.2 Å². The van der Waals surface area contributed by atoms with Crippen molar-refractivity contribution >= 4 is 32.1 Å². The maximum Gasteiger partial charge on any atom is 0.336 e. The number of benzene rings is 1. The molecule has 134 valence electrons. The molecule has 2 heterocycles. The second kappa shape index (κ2) is 6.62. The van der Waals surface area contributed by atoms with Crippen LogP contribution in [0.2, 0.25) is 0 Å². The quantitative estimate of drug-likeness (QED) is 0.376. The first-order valence-electron chi connectivity index (χ1n) is 7.64. The lowest BCUT2D eigenvalue weighted by Crippen LogP contribution is -2.09. The largest absolute Gasteiger partial charge is 0.461 e. The fourth-order valence-electron chi connectivity index (χ4n) is 2.74. The molecule has 0 bridgehead atoms. The van der Waals surface area contributed by atoms with Crippen LogP contribution >= 0.6 is 0 Å². The average Bonchev–Trinajstić information content (AvgIpc) is 2.79. The lowest BCUT2D eigenvalue weighted by Gasteiger charge is -2.09. The Morgan fingerprint density at radius 2 is 1.84 bits per heavy atom. The summed E-state index contributed by atoms with van der Waals surface area (Å²) in [6.07, 6.45) is 0.987. The van der Waals surface area contributed by atoms with Crippen molar-refractivity contribution in [1.82, 2.24) is 0 Å². The van der Waals surface area contributed by atoms with Crippen molar-refractivity contribution in [2.45, 2.75) is 20.5 Å². The SMILES string of the molecule is Cc1oc2cc3oc(=O)ccc3c(COCCOS(C)(=O)=O)c2c1C. The summed E-state index contributed by atoms with van der Waals surface area (Å²) >= 11 is 0. The molecule has 0 saturated heterocycles. The van der Waals surface area contributed by atoms with Gasteiger partial charge in [0, 0.05) is 28.5 Å². The zero-order valence-electron chi connectivity index (χ0n) is 14.1. The summed E-state index contributed by atoms with van der Waals surface area (Å²) in [5.41, 5.74) is 2.39. The van der Waals surface area contributed by atoms with Gasteiger partial charge in [-0.05, 0) is 25.5 Å². The van der Waals surface area contributed by atoms with Crippen LogP contribution in [-0.2, 0) is 25.6 Å². The number of ether oxygens (including phenoxy) is 1. The molecular weight excluding hydrogens is 348 g/mol. The van der Waals surface area contributed by atoms with Gasteiger partial charge in [-0.25, -0.2) is 4.79 Å². The van der Waals surface area contributed by atoms with E-state index in [1.165, 1.54) is 6.07 Å². The van der Waals surface area contributed by atoms with Crippen LogP contribution in [0, 0.1) is 13.8 Å². The lowest BCUT2D eigenvalue weighted by molar-refractivity contribution is 0.0923. The molecule has 0 aliphatic carbocycles. The van der Waals surface area contributed by atoms with E-state index in [4.69, 9.17) is 13.6 Å². The minimum atomic E-state index is -3.49. The van der Waals surface area contributed by atoms with Crippen molar-refractivity contribution in [3.8, 4) is 0 Å². The Kier molecular flexibility index (Phi) is 4.68. The van der Waals surface area contributed by atoms with Gasteiger partial charge in [0.2, 0.25) is 0 Å². The van der Waals surface area contributed by atoms with Gasteiger partial charge >= 0.3 is 5.63 Å². The standard InChI is InChI=1S/C17H18O7S/c1-10-11(2)23-15-8-14-12(4-5-16(18)24-14)13(17(10)15)9-21-6-7-22-25(3,19)20/h4-5,8H,6-7,9H2,1-3H3. The Labute approximate surface area is 144 Å². The third kappa shape index (κ3) is 3.76. The molecular formula is C17H18O7S. The van der Waals surface area contributed by atoms with Gasteiger partial charge in [0.1, 0.15) is 16.9 Å². The van der Waals surface area contributed by atoms with Gasteiger partial charge in [-0.2, -0.15) is 8.42 Å². The number of rotatable bonds is 6. The van der Waals surface area contributed by atoms with Gasteiger partial charge in [-0.3, -0.25) is 4.18 Å². The second-order valence-corrected chi connectivity index (χ2v) is 7.40. The van der Waals surface area contributed by atoms with E-state index in [9.17, 15) is 13.2 Å². The van der Waals surface area contributed by atoms with Crippen LogP contribution in [0.1, 0.15) is 16.9 Å². The van der Waals surface area contributed by atoms with Gasteiger partial charge in [0.25, 0.3) is 10.1 Å². The number of hydrogen-bond acceptors (Lipinski definition) is 7. The first-order chi connectivity index (χ1) is 11.8. The van der Waals surface area contributed by atoms with Crippen LogP contribution in [0.3, 0.4) is 0 Å². The molecule has 0 radical (unpaired) electrons. The molecule has 1 aromatic carbocycles. The van der Waals surface area contributed by atoms with Gasteiger partial charge in [0.05, 0.1) is 26.1 Å². The smallest absolute Gasteiger partial charge is 0.336 e. The van der Waals surface area contributed by atoms with Gasteiger partial charge < -0.3 is 13.6 Å². The molecule has 3 rings (SSSR count). The van der Waals surface area contributed by atoms with Gasteiger partial charge in [-0.1, -0.05) is 0 Å². The van der Waals surface area contributed by atoms with E-state index >= 15 is 0 Å². The summed E-state index contributed by atoms with van der Waals surface area (Å²) in [5, 5.41) is 1.66. The summed E-state index contributed by atoms with van der Waals surface area (Å²) in [5.74, 6) is 0.773. The maximum absolute atomic E-state index is 11.5. The summed E-state index contributed by atoms with van der Waals surface area (Å²) in [7, 11) is -3.49. The number of aryl methyl sites for hydroxylation is 2. The molecule has 0 unspecified atom stereocenters. The predicted octanol–water partition coefficient (Wildman–Crippen LogP) is 2.65. The second-order valence-electron chi connectivity index (χ2n) is 5.76. The van der Waals surface area contributed by atoms with Crippen molar-refractivity contribution in [3.05, 3.63) is 45.5 Å². The Balaban J connectivity index is 1.97. The normalized spacial score (nSPS) is 12.3. The zero-order valence-corrected chi connectivity index (χ0v) is 14.9. The summed E-state index contributed by atoms with van der Waals surface area (Å²) in [6.45, 7) is 4.06. The predicted molar refractivity (Wildman–Crippen MR) is 92.2 cm³/mol. The fourth-order valence-corrected chi connectivity index (χ4v) is 3.11. The van der Waals surface area contributed by atoms with Crippen LogP contribution in [0.4, 0.5) is 0 Å². The summed E-state index contributed by atoms with van der Waals surface area (Å²) in [6, 6.07) is 4.74. The van der Waals surface area contributed by atoms with E-state index in [0.717, 1.165) is 33.9 Å². The highest BCUT2D eigenvalue weighted by molar-refractivity contribution is 7.85. The van der Waals surface area contributed by atoms with E-state index in [2.05, 4.69) is 4.18 Å². The molecule has 2 aromatic heterocycles. The van der Waals surface area contributed by atoms with E-state index < -0.39 is 15.7 Å². The first-order valence-corrected chi connectivity index (χ1v) is 9.45. The Morgan fingerprint density at radius 1 is 1.08 bits per heavy atom. The Bertz CT molecular complexity index is 1090. The topological polar surface area (TPSA) is 95.9 Å². The highest BCUT2D eigenvalue weighted by Gasteiger charge is 2.17. The van der Waals surface area contributed by atoms with Crippen molar-refractivity contribution in [3.63, 3.8) is 0 Å². The highest BCUT2D eigenvalue weighted by Crippen LogP contribution is 2.33. The minimum Gasteiger partial charge on any atom is -0.461 e. The third-order valence-corrected chi connectivity index (χ3v) is 4.53. The minimum absolute atomic E-state index is 0.0643. The van der Waals surface area contributed by atoms with Crippen LogP contribution in [0.15, 0.2) is 31.8 Å². The summed E-state index contributed by atoms with van der Waals surface area (Å²) < 4.78 is 43.1. The molecule has 0 atom stereocenters. The summed E-state index contributed by atoms with van der Waals surface area (Å²) in [4.78, 5) is 11.5. The molecule has 0 N–H and O–H groups in total. The van der Waals surface area contributed by atoms with Crippen molar-refractivity contribution < 1.29 is 26.2 Å². The van der Waals surface area contributed by atoms with Crippen molar-refractivity contribution in [1.29, 1.82) is 0 Å². The molecule has 25 heavy (non-hydrogen) atoms. The van der Waals surface area contributed by atoms with E-state index in [-0.39, 0.29) is 19.8 Å². The molecule has 8 heteroatoms. The lowest BCUT2D eigenvalue weighted by atomic mass is 10.0. The highest BCUT2D eigenvalue weighted by atomic mass is 32.2. The van der Waals surface area contributed by atoms with Gasteiger partial charge in [-0.15, -0.1) is 0 Å². The zero-order chi connectivity index (χ0) is 18.2.